The molecule has 78 valence electrons. The molecule has 0 aromatic heterocycles. The van der Waals surface area contributed by atoms with Crippen LogP contribution in [0.25, 0.3) is 0 Å². The molecule has 0 radical (unpaired) electrons. The van der Waals surface area contributed by atoms with Gasteiger partial charge >= 0.3 is 5.97 Å². The maximum Gasteiger partial charge on any atom is 0.335 e. The van der Waals surface area contributed by atoms with Gasteiger partial charge in [0.1, 0.15) is 6.17 Å². The molecular formula is C9H14N2O3. The normalized spacial score (nSPS) is 20.5. The van der Waals surface area contributed by atoms with Gasteiger partial charge in [0.25, 0.3) is 0 Å². The van der Waals surface area contributed by atoms with Crippen molar-refractivity contribution >= 4 is 5.97 Å². The number of nitrogens with zero attached hydrogens (tertiary/aromatic N) is 1. The number of aliphatic carboxylic acids is 1. The lowest BCUT2D eigenvalue weighted by Crippen LogP contribution is -2.46. The van der Waals surface area contributed by atoms with Crippen LogP contribution >= 0.6 is 0 Å². The zero-order chi connectivity index (χ0) is 10.6. The summed E-state index contributed by atoms with van der Waals surface area (Å²) in [5.41, 5.74) is 0.281. The largest absolute Gasteiger partial charge is 0.478 e. The van der Waals surface area contributed by atoms with E-state index in [0.717, 1.165) is 0 Å². The zero-order valence-corrected chi connectivity index (χ0v) is 7.97. The van der Waals surface area contributed by atoms with E-state index in [4.69, 9.17) is 10.2 Å². The lowest BCUT2D eigenvalue weighted by atomic mass is 10.1. The maximum absolute atomic E-state index is 10.8. The van der Waals surface area contributed by atoms with Crippen molar-refractivity contribution in [2.45, 2.75) is 6.17 Å². The number of carbonyl (C=O) groups is 1. The van der Waals surface area contributed by atoms with E-state index < -0.39 is 5.97 Å². The van der Waals surface area contributed by atoms with Crippen molar-refractivity contribution < 1.29 is 15.0 Å². The SMILES string of the molecule is CN(CCO)C1NC=CC=C1C(=O)O. The van der Waals surface area contributed by atoms with Gasteiger partial charge < -0.3 is 15.5 Å². The maximum atomic E-state index is 10.8. The molecule has 0 aromatic carbocycles. The van der Waals surface area contributed by atoms with E-state index in [1.54, 1.807) is 30.3 Å². The second-order valence-electron chi connectivity index (χ2n) is 3.06. The Morgan fingerprint density at radius 2 is 2.43 bits per heavy atom. The van der Waals surface area contributed by atoms with Gasteiger partial charge in [-0.3, -0.25) is 4.90 Å². The van der Waals surface area contributed by atoms with E-state index in [-0.39, 0.29) is 18.3 Å². The third kappa shape index (κ3) is 2.34. The Hall–Kier alpha value is -1.33. The summed E-state index contributed by atoms with van der Waals surface area (Å²) in [6.07, 6.45) is 4.51. The lowest BCUT2D eigenvalue weighted by molar-refractivity contribution is -0.133. The second-order valence-corrected chi connectivity index (χ2v) is 3.06. The predicted molar refractivity (Wildman–Crippen MR) is 51.5 cm³/mol. The van der Waals surface area contributed by atoms with Crippen LogP contribution in [0.3, 0.4) is 0 Å². The Balaban J connectivity index is 2.73. The van der Waals surface area contributed by atoms with Gasteiger partial charge in [-0.15, -0.1) is 0 Å². The first-order valence-corrected chi connectivity index (χ1v) is 4.34. The smallest absolute Gasteiger partial charge is 0.335 e. The summed E-state index contributed by atoms with van der Waals surface area (Å²) in [5.74, 6) is -0.948. The van der Waals surface area contributed by atoms with Crippen LogP contribution < -0.4 is 5.32 Å². The number of aliphatic hydroxyl groups excluding tert-OH is 1. The van der Waals surface area contributed by atoms with Crippen LogP contribution in [0.2, 0.25) is 0 Å². The number of carboxylic acids is 1. The number of rotatable bonds is 4. The van der Waals surface area contributed by atoms with Crippen LogP contribution in [0.5, 0.6) is 0 Å². The summed E-state index contributed by atoms with van der Waals surface area (Å²) in [4.78, 5) is 12.6. The van der Waals surface area contributed by atoms with Gasteiger partial charge in [-0.25, -0.2) is 4.79 Å². The third-order valence-corrected chi connectivity index (χ3v) is 2.06. The molecule has 0 aromatic rings. The Kier molecular flexibility index (Phi) is 3.67. The number of dihydropyridines is 1. The number of carboxylic acid groups (broad SMARTS) is 1. The molecule has 1 heterocycles. The summed E-state index contributed by atoms with van der Waals surface area (Å²) in [5, 5.41) is 20.6. The molecule has 14 heavy (non-hydrogen) atoms. The van der Waals surface area contributed by atoms with Crippen molar-refractivity contribution in [2.75, 3.05) is 20.2 Å². The minimum absolute atomic E-state index is 0.00525. The first-order valence-electron chi connectivity index (χ1n) is 4.34. The molecule has 0 saturated heterocycles. The highest BCUT2D eigenvalue weighted by molar-refractivity contribution is 5.88. The van der Waals surface area contributed by atoms with E-state index in [1.165, 1.54) is 0 Å². The fourth-order valence-corrected chi connectivity index (χ4v) is 1.32. The number of hydrogen-bond acceptors (Lipinski definition) is 4. The van der Waals surface area contributed by atoms with Crippen LogP contribution in [0, 0.1) is 0 Å². The highest BCUT2D eigenvalue weighted by Crippen LogP contribution is 2.10. The average molecular weight is 198 g/mol. The lowest BCUT2D eigenvalue weighted by Gasteiger charge is -2.29. The molecule has 1 atom stereocenters. The molecule has 3 N–H and O–H groups in total. The molecule has 1 aliphatic heterocycles. The number of likely N-dealkylation sites (N-methyl/N-ethyl adjacent to an activating group) is 1. The van der Waals surface area contributed by atoms with Crippen molar-refractivity contribution in [2.24, 2.45) is 0 Å². The van der Waals surface area contributed by atoms with Crippen LogP contribution in [0.1, 0.15) is 0 Å². The molecule has 1 aliphatic rings. The van der Waals surface area contributed by atoms with Crippen LogP contribution in [-0.4, -0.2) is 47.4 Å². The van der Waals surface area contributed by atoms with E-state index in [1.807, 2.05) is 0 Å². The molecule has 0 aliphatic carbocycles. The molecule has 0 amide bonds. The molecule has 0 spiro atoms. The van der Waals surface area contributed by atoms with E-state index in [9.17, 15) is 4.79 Å². The molecule has 1 rings (SSSR count). The quantitative estimate of drug-likeness (QED) is 0.560. The van der Waals surface area contributed by atoms with Crippen molar-refractivity contribution in [1.29, 1.82) is 0 Å². The Morgan fingerprint density at radius 1 is 1.71 bits per heavy atom. The van der Waals surface area contributed by atoms with Crippen LogP contribution in [0.15, 0.2) is 23.9 Å². The molecule has 5 nitrogen and oxygen atoms in total. The van der Waals surface area contributed by atoms with Gasteiger partial charge in [-0.2, -0.15) is 0 Å². The Bertz CT molecular complexity index is 273. The summed E-state index contributed by atoms with van der Waals surface area (Å²) >= 11 is 0. The highest BCUT2D eigenvalue weighted by Gasteiger charge is 2.24. The van der Waals surface area contributed by atoms with Gasteiger partial charge in [-0.1, -0.05) is 0 Å². The molecule has 1 unspecified atom stereocenters. The molecule has 0 saturated carbocycles. The van der Waals surface area contributed by atoms with E-state index in [0.29, 0.717) is 6.54 Å². The zero-order valence-electron chi connectivity index (χ0n) is 7.97. The van der Waals surface area contributed by atoms with Gasteiger partial charge in [-0.05, 0) is 25.4 Å². The fourth-order valence-electron chi connectivity index (χ4n) is 1.32. The fraction of sp³-hybridized carbons (Fsp3) is 0.444. The van der Waals surface area contributed by atoms with E-state index >= 15 is 0 Å². The number of nitrogens with one attached hydrogen (secondary N) is 1. The summed E-state index contributed by atoms with van der Waals surface area (Å²) in [6, 6.07) is 0. The van der Waals surface area contributed by atoms with Crippen LogP contribution in [-0.2, 0) is 4.79 Å². The molecule has 0 fully saturated rings. The van der Waals surface area contributed by atoms with Crippen molar-refractivity contribution in [1.82, 2.24) is 10.2 Å². The minimum Gasteiger partial charge on any atom is -0.478 e. The number of aliphatic hydroxyl groups is 1. The Labute approximate surface area is 82.3 Å². The molecular weight excluding hydrogens is 184 g/mol. The topological polar surface area (TPSA) is 72.8 Å². The predicted octanol–water partition coefficient (Wildman–Crippen LogP) is -0.636. The highest BCUT2D eigenvalue weighted by atomic mass is 16.4. The average Bonchev–Trinajstić information content (AvgIpc) is 2.18. The number of allylic oxidation sites excluding steroid dienone is 2. The summed E-state index contributed by atoms with van der Waals surface area (Å²) < 4.78 is 0. The van der Waals surface area contributed by atoms with Gasteiger partial charge in [0.05, 0.1) is 12.2 Å². The monoisotopic (exact) mass is 198 g/mol. The summed E-state index contributed by atoms with van der Waals surface area (Å²) in [6.45, 7) is 0.432. The Morgan fingerprint density at radius 3 is 3.00 bits per heavy atom. The van der Waals surface area contributed by atoms with E-state index in [2.05, 4.69) is 5.32 Å². The first-order chi connectivity index (χ1) is 6.66. The van der Waals surface area contributed by atoms with Crippen molar-refractivity contribution in [3.63, 3.8) is 0 Å². The standard InChI is InChI=1S/C9H14N2O3/c1-11(5-6-12)8-7(9(13)14)3-2-4-10-8/h2-4,8,10,12H,5-6H2,1H3,(H,13,14). The summed E-state index contributed by atoms with van der Waals surface area (Å²) in [7, 11) is 1.75. The first kappa shape index (κ1) is 10.7. The molecule has 0 bridgehead atoms. The molecule has 5 heteroatoms. The van der Waals surface area contributed by atoms with Gasteiger partial charge in [0.15, 0.2) is 0 Å². The van der Waals surface area contributed by atoms with Crippen molar-refractivity contribution in [3.05, 3.63) is 23.9 Å². The van der Waals surface area contributed by atoms with Gasteiger partial charge in [0.2, 0.25) is 0 Å². The van der Waals surface area contributed by atoms with Crippen LogP contribution in [0.4, 0.5) is 0 Å². The second kappa shape index (κ2) is 4.78. The van der Waals surface area contributed by atoms with Crippen molar-refractivity contribution in [3.8, 4) is 0 Å². The third-order valence-electron chi connectivity index (χ3n) is 2.06. The van der Waals surface area contributed by atoms with Gasteiger partial charge in [0, 0.05) is 6.54 Å². The minimum atomic E-state index is -0.948. The number of hydrogen-bond donors (Lipinski definition) is 3.